The predicted molar refractivity (Wildman–Crippen MR) is 182 cm³/mol. The summed E-state index contributed by atoms with van der Waals surface area (Å²) in [5, 5.41) is 2.07. The minimum Gasteiger partial charge on any atom is -0.456 e. The number of para-hydroxylation sites is 1. The van der Waals surface area contributed by atoms with Crippen molar-refractivity contribution in [3.63, 3.8) is 0 Å². The molecule has 0 saturated carbocycles. The molecule has 6 aromatic rings. The Morgan fingerprint density at radius 2 is 1.38 bits per heavy atom. The summed E-state index contributed by atoms with van der Waals surface area (Å²) >= 11 is 0. The van der Waals surface area contributed by atoms with Crippen molar-refractivity contribution in [1.29, 1.82) is 0 Å². The van der Waals surface area contributed by atoms with Crippen LogP contribution in [-0.4, -0.2) is 15.0 Å². The van der Waals surface area contributed by atoms with Crippen LogP contribution in [0.25, 0.3) is 56.4 Å². The molecule has 0 radical (unpaired) electrons. The van der Waals surface area contributed by atoms with Crippen molar-refractivity contribution in [2.75, 3.05) is 0 Å². The highest BCUT2D eigenvalue weighted by atomic mass is 16.3. The monoisotopic (exact) mass is 579 g/mol. The first-order valence-corrected chi connectivity index (χ1v) is 15.6. The van der Waals surface area contributed by atoms with Crippen LogP contribution in [0.5, 0.6) is 0 Å². The number of hydrogen-bond acceptors (Lipinski definition) is 4. The van der Waals surface area contributed by atoms with Crippen molar-refractivity contribution >= 4 is 33.6 Å². The minimum absolute atomic E-state index is 0.285. The molecule has 0 N–H and O–H groups in total. The first-order valence-electron chi connectivity index (χ1n) is 15.6. The molecule has 3 aliphatic carbocycles. The van der Waals surface area contributed by atoms with Gasteiger partial charge in [0.05, 0.1) is 0 Å². The van der Waals surface area contributed by atoms with Crippen molar-refractivity contribution in [2.24, 2.45) is 11.8 Å². The van der Waals surface area contributed by atoms with Gasteiger partial charge in [-0.25, -0.2) is 15.0 Å². The average Bonchev–Trinajstić information content (AvgIpc) is 3.50. The Labute approximate surface area is 261 Å². The largest absolute Gasteiger partial charge is 0.456 e. The van der Waals surface area contributed by atoms with Gasteiger partial charge in [-0.1, -0.05) is 134 Å². The summed E-state index contributed by atoms with van der Waals surface area (Å²) in [6.45, 7) is 0. The van der Waals surface area contributed by atoms with Gasteiger partial charge in [-0.3, -0.25) is 0 Å². The molecular formula is C41H29N3O. The van der Waals surface area contributed by atoms with Crippen LogP contribution >= 0.6 is 0 Å². The van der Waals surface area contributed by atoms with Crippen LogP contribution in [0.4, 0.5) is 0 Å². The lowest BCUT2D eigenvalue weighted by atomic mass is 9.83. The summed E-state index contributed by atoms with van der Waals surface area (Å²) in [5.74, 6) is 2.96. The molecule has 0 amide bonds. The van der Waals surface area contributed by atoms with Crippen LogP contribution in [0.15, 0.2) is 144 Å². The molecule has 0 saturated heterocycles. The van der Waals surface area contributed by atoms with Gasteiger partial charge in [-0.05, 0) is 35.2 Å². The molecule has 3 aliphatic rings. The first kappa shape index (κ1) is 25.8. The van der Waals surface area contributed by atoms with Crippen LogP contribution < -0.4 is 0 Å². The number of aromatic nitrogens is 3. The highest BCUT2D eigenvalue weighted by molar-refractivity contribution is 6.11. The van der Waals surface area contributed by atoms with E-state index in [0.29, 0.717) is 29.3 Å². The molecular weight excluding hydrogens is 550 g/mol. The second kappa shape index (κ2) is 10.5. The van der Waals surface area contributed by atoms with Gasteiger partial charge in [0, 0.05) is 45.2 Å². The summed E-state index contributed by atoms with van der Waals surface area (Å²) in [6.07, 6.45) is 21.0. The third-order valence-electron chi connectivity index (χ3n) is 9.23. The van der Waals surface area contributed by atoms with Crippen molar-refractivity contribution in [1.82, 2.24) is 15.0 Å². The fourth-order valence-electron chi connectivity index (χ4n) is 6.86. The van der Waals surface area contributed by atoms with Crippen LogP contribution in [0.1, 0.15) is 28.4 Å². The van der Waals surface area contributed by atoms with Gasteiger partial charge in [0.1, 0.15) is 11.2 Å². The highest BCUT2D eigenvalue weighted by Crippen LogP contribution is 2.38. The Morgan fingerprint density at radius 3 is 2.31 bits per heavy atom. The summed E-state index contributed by atoms with van der Waals surface area (Å²) in [6, 6.07) is 31.6. The molecule has 3 atom stereocenters. The topological polar surface area (TPSA) is 51.8 Å². The van der Waals surface area contributed by atoms with Gasteiger partial charge < -0.3 is 4.42 Å². The van der Waals surface area contributed by atoms with Gasteiger partial charge in [-0.2, -0.15) is 0 Å². The van der Waals surface area contributed by atoms with E-state index in [1.807, 2.05) is 30.3 Å². The fraction of sp³-hybridized carbons (Fsp3) is 0.0976. The number of nitrogens with zero attached hydrogens (tertiary/aromatic N) is 3. The van der Waals surface area contributed by atoms with E-state index in [0.717, 1.165) is 45.1 Å². The molecule has 0 aliphatic heterocycles. The molecule has 9 rings (SSSR count). The molecule has 214 valence electrons. The van der Waals surface area contributed by atoms with E-state index in [1.165, 1.54) is 16.7 Å². The number of allylic oxidation sites excluding steroid dienone is 9. The van der Waals surface area contributed by atoms with Gasteiger partial charge in [0.25, 0.3) is 0 Å². The van der Waals surface area contributed by atoms with Gasteiger partial charge >= 0.3 is 0 Å². The zero-order chi connectivity index (χ0) is 29.7. The van der Waals surface area contributed by atoms with E-state index < -0.39 is 0 Å². The molecule has 3 unspecified atom stereocenters. The molecule has 2 aromatic heterocycles. The lowest BCUT2D eigenvalue weighted by molar-refractivity contribution is 0.662. The lowest BCUT2D eigenvalue weighted by Crippen LogP contribution is -2.12. The number of hydrogen-bond donors (Lipinski definition) is 0. The van der Waals surface area contributed by atoms with E-state index in [9.17, 15) is 0 Å². The second-order valence-corrected chi connectivity index (χ2v) is 12.0. The zero-order valence-electron chi connectivity index (χ0n) is 24.5. The number of rotatable bonds is 4. The average molecular weight is 580 g/mol. The third kappa shape index (κ3) is 4.58. The third-order valence-corrected chi connectivity index (χ3v) is 9.23. The second-order valence-electron chi connectivity index (χ2n) is 12.0. The predicted octanol–water partition coefficient (Wildman–Crippen LogP) is 9.77. The molecule has 2 heterocycles. The quantitative estimate of drug-likeness (QED) is 0.209. The van der Waals surface area contributed by atoms with E-state index >= 15 is 0 Å². The summed E-state index contributed by atoms with van der Waals surface area (Å²) < 4.78 is 6.21. The van der Waals surface area contributed by atoms with Crippen LogP contribution in [-0.2, 0) is 6.42 Å². The van der Waals surface area contributed by atoms with E-state index in [-0.39, 0.29) is 5.92 Å². The fourth-order valence-corrected chi connectivity index (χ4v) is 6.86. The Bertz CT molecular complexity index is 2260. The smallest absolute Gasteiger partial charge is 0.164 e. The molecule has 4 heteroatoms. The van der Waals surface area contributed by atoms with Crippen molar-refractivity contribution in [3.05, 3.63) is 162 Å². The highest BCUT2D eigenvalue weighted by Gasteiger charge is 2.23. The Kier molecular flexibility index (Phi) is 6.05. The normalized spacial score (nSPS) is 19.9. The summed E-state index contributed by atoms with van der Waals surface area (Å²) in [7, 11) is 0. The molecule has 0 bridgehead atoms. The maximum atomic E-state index is 6.21. The van der Waals surface area contributed by atoms with E-state index in [2.05, 4.69) is 115 Å². The molecule has 45 heavy (non-hydrogen) atoms. The SMILES string of the molecule is C1=CC2C=CC(c3nc(-c4ccc(C5C=Cc6ccccc6C5)cc4)nc(-c4cccc5oc6ccccc6c45)n3)=CC2C=C1. The van der Waals surface area contributed by atoms with E-state index in [4.69, 9.17) is 19.4 Å². The van der Waals surface area contributed by atoms with Gasteiger partial charge in [0.2, 0.25) is 0 Å². The van der Waals surface area contributed by atoms with Crippen LogP contribution in [0, 0.1) is 11.8 Å². The van der Waals surface area contributed by atoms with Crippen molar-refractivity contribution < 1.29 is 4.42 Å². The van der Waals surface area contributed by atoms with E-state index in [1.54, 1.807) is 0 Å². The lowest BCUT2D eigenvalue weighted by Gasteiger charge is -2.23. The molecule has 0 spiro atoms. The molecule has 0 fully saturated rings. The number of benzene rings is 4. The maximum absolute atomic E-state index is 6.21. The van der Waals surface area contributed by atoms with Gasteiger partial charge in [0.15, 0.2) is 17.5 Å². The summed E-state index contributed by atoms with van der Waals surface area (Å²) in [4.78, 5) is 15.3. The van der Waals surface area contributed by atoms with Crippen molar-refractivity contribution in [2.45, 2.75) is 12.3 Å². The maximum Gasteiger partial charge on any atom is 0.164 e. The Morgan fingerprint density at radius 1 is 0.600 bits per heavy atom. The number of fused-ring (bicyclic) bond motifs is 5. The minimum atomic E-state index is 0.285. The molecule has 4 nitrogen and oxygen atoms in total. The first-order chi connectivity index (χ1) is 22.3. The van der Waals surface area contributed by atoms with Crippen LogP contribution in [0.3, 0.4) is 0 Å². The Balaban J connectivity index is 1.16. The Hall–Kier alpha value is -5.61. The van der Waals surface area contributed by atoms with Crippen LogP contribution in [0.2, 0.25) is 0 Å². The zero-order valence-corrected chi connectivity index (χ0v) is 24.5. The summed E-state index contributed by atoms with van der Waals surface area (Å²) in [5.41, 5.74) is 8.57. The standard InChI is InChI=1S/C41H29N3O/c1-3-10-30-24-32(22-18-26(30)8-1)28-16-20-29(21-17-28)39-42-40(33-23-19-27-9-2-4-11-31(27)25-33)44-41(43-39)35-13-7-15-37-38(35)34-12-5-6-14-36(34)45-37/h1-23,25,27,31-32H,24H2. The van der Waals surface area contributed by atoms with Gasteiger partial charge in [-0.15, -0.1) is 0 Å². The molecule has 4 aromatic carbocycles. The number of furan rings is 1. The van der Waals surface area contributed by atoms with Crippen molar-refractivity contribution in [3.8, 4) is 22.8 Å².